The van der Waals surface area contributed by atoms with Gasteiger partial charge in [-0.05, 0) is 18.2 Å². The van der Waals surface area contributed by atoms with Gasteiger partial charge in [0.25, 0.3) is 5.91 Å². The topological polar surface area (TPSA) is 64.8 Å². The average Bonchev–Trinajstić information content (AvgIpc) is 2.48. The smallest absolute Gasteiger partial charge is 0.257 e. The molecule has 0 atom stereocenters. The number of rotatable bonds is 3. The number of nitrogens with zero attached hydrogens (tertiary/aromatic N) is 1. The van der Waals surface area contributed by atoms with Gasteiger partial charge in [0.1, 0.15) is 24.7 Å². The third kappa shape index (κ3) is 2.50. The second-order valence-corrected chi connectivity index (χ2v) is 3.87. The molecule has 0 unspecified atom stereocenters. The highest BCUT2D eigenvalue weighted by atomic mass is 16.5. The maximum atomic E-state index is 12.0. The minimum absolute atomic E-state index is 0.0456. The van der Waals surface area contributed by atoms with Crippen LogP contribution >= 0.6 is 0 Å². The van der Waals surface area contributed by atoms with Crippen LogP contribution in [0, 0.1) is 0 Å². The molecule has 1 aromatic carbocycles. The highest BCUT2D eigenvalue weighted by molar-refractivity contribution is 5.97. The fourth-order valence-corrected chi connectivity index (χ4v) is 1.67. The quantitative estimate of drug-likeness (QED) is 0.829. The summed E-state index contributed by atoms with van der Waals surface area (Å²) in [6.45, 7) is 1.98. The normalized spacial score (nSPS) is 14.9. The van der Waals surface area contributed by atoms with E-state index in [-0.39, 0.29) is 5.91 Å². The lowest BCUT2D eigenvalue weighted by molar-refractivity contribution is 0.0796. The minimum Gasteiger partial charge on any atom is -0.492 e. The van der Waals surface area contributed by atoms with E-state index >= 15 is 0 Å². The molecular formula is C12H16N2O3. The summed E-state index contributed by atoms with van der Waals surface area (Å²) in [5, 5.41) is 0. The van der Waals surface area contributed by atoms with Crippen LogP contribution in [-0.2, 0) is 0 Å². The number of hydrogen-bond acceptors (Lipinski definition) is 4. The number of hydrogen-bond donors (Lipinski definition) is 1. The first kappa shape index (κ1) is 11.7. The van der Waals surface area contributed by atoms with Crippen molar-refractivity contribution in [3.63, 3.8) is 0 Å². The fourth-order valence-electron chi connectivity index (χ4n) is 1.67. The fraction of sp³-hybridized carbons (Fsp3) is 0.417. The number of amides is 1. The molecule has 92 valence electrons. The molecular weight excluding hydrogens is 220 g/mol. The van der Waals surface area contributed by atoms with E-state index in [1.54, 1.807) is 30.1 Å². The number of carbonyl (C=O) groups is 1. The van der Waals surface area contributed by atoms with Crippen molar-refractivity contribution in [1.82, 2.24) is 4.90 Å². The van der Waals surface area contributed by atoms with Crippen LogP contribution in [0.2, 0.25) is 0 Å². The van der Waals surface area contributed by atoms with Crippen molar-refractivity contribution in [2.24, 2.45) is 5.73 Å². The van der Waals surface area contributed by atoms with E-state index in [4.69, 9.17) is 15.2 Å². The van der Waals surface area contributed by atoms with Gasteiger partial charge in [-0.15, -0.1) is 0 Å². The molecule has 17 heavy (non-hydrogen) atoms. The molecule has 1 heterocycles. The van der Waals surface area contributed by atoms with Crippen molar-refractivity contribution in [2.75, 3.05) is 33.4 Å². The van der Waals surface area contributed by atoms with E-state index < -0.39 is 0 Å². The van der Waals surface area contributed by atoms with Crippen LogP contribution in [0.15, 0.2) is 18.2 Å². The van der Waals surface area contributed by atoms with Gasteiger partial charge >= 0.3 is 0 Å². The van der Waals surface area contributed by atoms with E-state index in [0.717, 1.165) is 0 Å². The molecule has 5 nitrogen and oxygen atoms in total. The number of nitrogens with two attached hydrogens (primary N) is 1. The summed E-state index contributed by atoms with van der Waals surface area (Å²) in [5.74, 6) is 1.21. The highest BCUT2D eigenvalue weighted by Crippen LogP contribution is 2.27. The molecule has 1 amide bonds. The van der Waals surface area contributed by atoms with Crippen molar-refractivity contribution in [3.05, 3.63) is 23.8 Å². The molecule has 0 saturated heterocycles. The second-order valence-electron chi connectivity index (χ2n) is 3.87. The molecule has 5 heteroatoms. The summed E-state index contributed by atoms with van der Waals surface area (Å²) >= 11 is 0. The first-order valence-electron chi connectivity index (χ1n) is 5.57. The van der Waals surface area contributed by atoms with Crippen molar-refractivity contribution >= 4 is 5.91 Å². The van der Waals surface area contributed by atoms with Gasteiger partial charge in [0, 0.05) is 13.6 Å². The molecule has 1 aromatic rings. The molecule has 0 spiro atoms. The van der Waals surface area contributed by atoms with Crippen molar-refractivity contribution in [2.45, 2.75) is 0 Å². The summed E-state index contributed by atoms with van der Waals surface area (Å²) in [6, 6.07) is 5.25. The number of fused-ring (bicyclic) bond motifs is 1. The molecule has 0 bridgehead atoms. The monoisotopic (exact) mass is 236 g/mol. The van der Waals surface area contributed by atoms with Crippen molar-refractivity contribution in [3.8, 4) is 11.5 Å². The molecule has 0 fully saturated rings. The molecule has 0 saturated carbocycles. The zero-order valence-corrected chi connectivity index (χ0v) is 9.81. The largest absolute Gasteiger partial charge is 0.492 e. The summed E-state index contributed by atoms with van der Waals surface area (Å²) in [7, 11) is 1.76. The first-order chi connectivity index (χ1) is 8.22. The number of ether oxygens (including phenoxy) is 2. The average molecular weight is 236 g/mol. The predicted molar refractivity (Wildman–Crippen MR) is 63.4 cm³/mol. The molecule has 2 N–H and O–H groups in total. The Morgan fingerprint density at radius 3 is 3.12 bits per heavy atom. The van der Waals surface area contributed by atoms with Crippen LogP contribution < -0.4 is 15.2 Å². The summed E-state index contributed by atoms with van der Waals surface area (Å²) in [4.78, 5) is 13.7. The number of carbonyl (C=O) groups excluding carboxylic acids is 1. The lowest BCUT2D eigenvalue weighted by atomic mass is 10.1. The van der Waals surface area contributed by atoms with Crippen LogP contribution in [0.3, 0.4) is 0 Å². The minimum atomic E-state index is -0.0456. The third-order valence-corrected chi connectivity index (χ3v) is 2.60. The van der Waals surface area contributed by atoms with Crippen LogP contribution in [0.4, 0.5) is 0 Å². The first-order valence-corrected chi connectivity index (χ1v) is 5.57. The maximum absolute atomic E-state index is 12.0. The Kier molecular flexibility index (Phi) is 3.49. The van der Waals surface area contributed by atoms with Crippen LogP contribution in [0.5, 0.6) is 11.5 Å². The Labute approximate surface area is 100 Å². The van der Waals surface area contributed by atoms with Gasteiger partial charge in [0.05, 0.1) is 12.1 Å². The van der Waals surface area contributed by atoms with Crippen molar-refractivity contribution in [1.29, 1.82) is 0 Å². The van der Waals surface area contributed by atoms with Gasteiger partial charge in [0.2, 0.25) is 0 Å². The van der Waals surface area contributed by atoms with Crippen LogP contribution in [-0.4, -0.2) is 44.2 Å². The van der Waals surface area contributed by atoms with E-state index in [9.17, 15) is 4.79 Å². The SMILES string of the molecule is CN1CCOc2ccc(OCCN)cc2C1=O. The molecule has 1 aliphatic rings. The summed E-state index contributed by atoms with van der Waals surface area (Å²) < 4.78 is 10.9. The van der Waals surface area contributed by atoms with Crippen molar-refractivity contribution < 1.29 is 14.3 Å². The lowest BCUT2D eigenvalue weighted by Crippen LogP contribution is -2.27. The number of benzene rings is 1. The van der Waals surface area contributed by atoms with E-state index in [1.807, 2.05) is 0 Å². The van der Waals surface area contributed by atoms with Gasteiger partial charge < -0.3 is 20.1 Å². The zero-order valence-electron chi connectivity index (χ0n) is 9.81. The Balaban J connectivity index is 2.28. The maximum Gasteiger partial charge on any atom is 0.257 e. The van der Waals surface area contributed by atoms with Gasteiger partial charge in [-0.1, -0.05) is 0 Å². The highest BCUT2D eigenvalue weighted by Gasteiger charge is 2.21. The van der Waals surface area contributed by atoms with Gasteiger partial charge in [-0.3, -0.25) is 4.79 Å². The Bertz CT molecular complexity index is 420. The standard InChI is InChI=1S/C12H16N2O3/c1-14-5-7-17-11-3-2-9(16-6-4-13)8-10(11)12(14)15/h2-3,8H,4-7,13H2,1H3. The molecule has 2 rings (SSSR count). The van der Waals surface area contributed by atoms with E-state index in [0.29, 0.717) is 43.4 Å². The van der Waals surface area contributed by atoms with Gasteiger partial charge in [-0.2, -0.15) is 0 Å². The Morgan fingerprint density at radius 2 is 2.35 bits per heavy atom. The zero-order chi connectivity index (χ0) is 12.3. The second kappa shape index (κ2) is 5.05. The number of likely N-dealkylation sites (N-methyl/N-ethyl adjacent to an activating group) is 1. The summed E-state index contributed by atoms with van der Waals surface area (Å²) in [5.41, 5.74) is 5.90. The molecule has 0 aromatic heterocycles. The van der Waals surface area contributed by atoms with Gasteiger partial charge in [0.15, 0.2) is 0 Å². The molecule has 0 aliphatic carbocycles. The van der Waals surface area contributed by atoms with Crippen LogP contribution in [0.1, 0.15) is 10.4 Å². The lowest BCUT2D eigenvalue weighted by Gasteiger charge is -2.13. The molecule has 0 radical (unpaired) electrons. The Morgan fingerprint density at radius 1 is 1.53 bits per heavy atom. The van der Waals surface area contributed by atoms with Gasteiger partial charge in [-0.25, -0.2) is 0 Å². The summed E-state index contributed by atoms with van der Waals surface area (Å²) in [6.07, 6.45) is 0. The third-order valence-electron chi connectivity index (χ3n) is 2.60. The van der Waals surface area contributed by atoms with E-state index in [1.165, 1.54) is 0 Å². The molecule has 1 aliphatic heterocycles. The van der Waals surface area contributed by atoms with Crippen LogP contribution in [0.25, 0.3) is 0 Å². The predicted octanol–water partition coefficient (Wildman–Crippen LogP) is 0.488. The Hall–Kier alpha value is -1.75. The van der Waals surface area contributed by atoms with E-state index in [2.05, 4.69) is 0 Å².